The van der Waals surface area contributed by atoms with E-state index < -0.39 is 10.8 Å². The number of amides is 1. The summed E-state index contributed by atoms with van der Waals surface area (Å²) >= 11 is 0. The Morgan fingerprint density at radius 2 is 1.62 bits per heavy atom. The maximum absolute atomic E-state index is 11.9. The highest BCUT2D eigenvalue weighted by atomic mass is 16.6. The summed E-state index contributed by atoms with van der Waals surface area (Å²) in [6, 6.07) is 15.3. The minimum Gasteiger partial charge on any atom is -0.348 e. The summed E-state index contributed by atoms with van der Waals surface area (Å²) in [4.78, 5) is 22.2. The van der Waals surface area contributed by atoms with Crippen molar-refractivity contribution in [3.8, 4) is 0 Å². The molecule has 110 valence electrons. The Bertz CT molecular complexity index is 597. The van der Waals surface area contributed by atoms with Crippen LogP contribution in [0.25, 0.3) is 0 Å². The minimum atomic E-state index is -0.558. The molecule has 0 aliphatic rings. The summed E-state index contributed by atoms with van der Waals surface area (Å²) < 4.78 is 0. The lowest BCUT2D eigenvalue weighted by Gasteiger charge is -2.05. The number of hydrogen-bond donors (Lipinski definition) is 1. The third-order valence-corrected chi connectivity index (χ3v) is 2.64. The Kier molecular flexibility index (Phi) is 6.60. The van der Waals surface area contributed by atoms with E-state index in [4.69, 9.17) is 0 Å². The van der Waals surface area contributed by atoms with Crippen LogP contribution in [0.2, 0.25) is 0 Å². The topological polar surface area (TPSA) is 72.2 Å². The van der Waals surface area contributed by atoms with Crippen molar-refractivity contribution >= 4 is 11.6 Å². The standard InChI is InChI=1S/C14H12N2O3.C2H6/c17-14(15-10-11-6-2-1-3-7-11)12-8-4-5-9-13(12)16(18)19;1-2/h1-9H,10H2,(H,15,17);1-2H3. The Balaban J connectivity index is 0.00000106. The second-order valence-corrected chi connectivity index (χ2v) is 3.94. The molecule has 0 saturated heterocycles. The Labute approximate surface area is 123 Å². The van der Waals surface area contributed by atoms with Gasteiger partial charge in [0.25, 0.3) is 11.6 Å². The third-order valence-electron chi connectivity index (χ3n) is 2.64. The van der Waals surface area contributed by atoms with Crippen molar-refractivity contribution in [1.29, 1.82) is 0 Å². The molecule has 2 aromatic carbocycles. The molecule has 21 heavy (non-hydrogen) atoms. The van der Waals surface area contributed by atoms with Gasteiger partial charge >= 0.3 is 0 Å². The van der Waals surface area contributed by atoms with E-state index in [-0.39, 0.29) is 11.3 Å². The number of carbonyl (C=O) groups excluding carboxylic acids is 1. The van der Waals surface area contributed by atoms with Crippen LogP contribution >= 0.6 is 0 Å². The molecule has 0 unspecified atom stereocenters. The molecule has 0 aliphatic heterocycles. The highest BCUT2D eigenvalue weighted by Gasteiger charge is 2.18. The van der Waals surface area contributed by atoms with E-state index in [0.29, 0.717) is 6.54 Å². The monoisotopic (exact) mass is 286 g/mol. The molecule has 5 heteroatoms. The molecule has 1 N–H and O–H groups in total. The van der Waals surface area contributed by atoms with Gasteiger partial charge in [-0.2, -0.15) is 0 Å². The highest BCUT2D eigenvalue weighted by molar-refractivity contribution is 5.98. The van der Waals surface area contributed by atoms with Crippen molar-refractivity contribution in [3.05, 3.63) is 75.8 Å². The first kappa shape index (κ1) is 16.4. The first-order valence-electron chi connectivity index (χ1n) is 6.74. The van der Waals surface area contributed by atoms with E-state index in [2.05, 4.69) is 5.32 Å². The first-order valence-corrected chi connectivity index (χ1v) is 6.74. The van der Waals surface area contributed by atoms with Gasteiger partial charge in [-0.25, -0.2) is 0 Å². The second kappa shape index (κ2) is 8.47. The van der Waals surface area contributed by atoms with Gasteiger partial charge in [-0.05, 0) is 11.6 Å². The quantitative estimate of drug-likeness (QED) is 0.690. The van der Waals surface area contributed by atoms with Crippen molar-refractivity contribution in [1.82, 2.24) is 5.32 Å². The van der Waals surface area contributed by atoms with Crippen LogP contribution in [0, 0.1) is 10.1 Å². The summed E-state index contributed by atoms with van der Waals surface area (Å²) in [5, 5.41) is 13.5. The van der Waals surface area contributed by atoms with Gasteiger partial charge in [0.1, 0.15) is 5.56 Å². The van der Waals surface area contributed by atoms with Gasteiger partial charge in [-0.1, -0.05) is 56.3 Å². The second-order valence-electron chi connectivity index (χ2n) is 3.94. The SMILES string of the molecule is CC.O=C(NCc1ccccc1)c1ccccc1[N+](=O)[O-]. The average Bonchev–Trinajstić information content (AvgIpc) is 2.55. The highest BCUT2D eigenvalue weighted by Crippen LogP contribution is 2.17. The molecular formula is C16H18N2O3. The van der Waals surface area contributed by atoms with Crippen molar-refractivity contribution in [3.63, 3.8) is 0 Å². The van der Waals surface area contributed by atoms with Crippen LogP contribution in [0.4, 0.5) is 5.69 Å². The Morgan fingerprint density at radius 3 is 2.24 bits per heavy atom. The fourth-order valence-corrected chi connectivity index (χ4v) is 1.70. The molecular weight excluding hydrogens is 268 g/mol. The lowest BCUT2D eigenvalue weighted by atomic mass is 10.1. The Morgan fingerprint density at radius 1 is 1.05 bits per heavy atom. The molecule has 5 nitrogen and oxygen atoms in total. The van der Waals surface area contributed by atoms with Crippen molar-refractivity contribution < 1.29 is 9.72 Å². The maximum Gasteiger partial charge on any atom is 0.282 e. The molecule has 0 atom stereocenters. The summed E-state index contributed by atoms with van der Waals surface area (Å²) in [6.45, 7) is 4.34. The smallest absolute Gasteiger partial charge is 0.282 e. The molecule has 0 fully saturated rings. The van der Waals surface area contributed by atoms with Crippen molar-refractivity contribution in [2.24, 2.45) is 0 Å². The number of nitrogens with one attached hydrogen (secondary N) is 1. The number of nitro groups is 1. The van der Waals surface area contributed by atoms with Crippen LogP contribution in [-0.2, 0) is 6.54 Å². The minimum absolute atomic E-state index is 0.0726. The largest absolute Gasteiger partial charge is 0.348 e. The predicted octanol–water partition coefficient (Wildman–Crippen LogP) is 3.55. The normalized spacial score (nSPS) is 9.24. The van der Waals surface area contributed by atoms with Crippen LogP contribution in [0.3, 0.4) is 0 Å². The van der Waals surface area contributed by atoms with E-state index in [1.165, 1.54) is 18.2 Å². The fourth-order valence-electron chi connectivity index (χ4n) is 1.70. The van der Waals surface area contributed by atoms with E-state index in [0.717, 1.165) is 5.56 Å². The molecule has 0 radical (unpaired) electrons. The maximum atomic E-state index is 11.9. The number of hydrogen-bond acceptors (Lipinski definition) is 3. The van der Waals surface area contributed by atoms with Gasteiger partial charge in [0, 0.05) is 12.6 Å². The molecule has 2 aromatic rings. The lowest BCUT2D eigenvalue weighted by molar-refractivity contribution is -0.385. The van der Waals surface area contributed by atoms with E-state index >= 15 is 0 Å². The van der Waals surface area contributed by atoms with Crippen LogP contribution in [0.15, 0.2) is 54.6 Å². The number of carbonyl (C=O) groups is 1. The molecule has 0 spiro atoms. The number of nitro benzene ring substituents is 1. The summed E-state index contributed by atoms with van der Waals surface area (Å²) in [5.74, 6) is -0.448. The summed E-state index contributed by atoms with van der Waals surface area (Å²) in [7, 11) is 0. The molecule has 1 amide bonds. The van der Waals surface area contributed by atoms with Gasteiger partial charge in [-0.15, -0.1) is 0 Å². The number of benzene rings is 2. The molecule has 0 bridgehead atoms. The van der Waals surface area contributed by atoms with Crippen LogP contribution in [-0.4, -0.2) is 10.8 Å². The zero-order valence-corrected chi connectivity index (χ0v) is 12.1. The molecule has 0 saturated carbocycles. The number of rotatable bonds is 4. The number of nitrogens with zero attached hydrogens (tertiary/aromatic N) is 1. The van der Waals surface area contributed by atoms with Crippen LogP contribution < -0.4 is 5.32 Å². The predicted molar refractivity (Wildman–Crippen MR) is 82.1 cm³/mol. The van der Waals surface area contributed by atoms with Gasteiger partial charge in [0.2, 0.25) is 0 Å². The van der Waals surface area contributed by atoms with Gasteiger partial charge in [0.15, 0.2) is 0 Å². The summed E-state index contributed by atoms with van der Waals surface area (Å²) in [5.41, 5.74) is 0.825. The van der Waals surface area contributed by atoms with Crippen molar-refractivity contribution in [2.45, 2.75) is 20.4 Å². The third kappa shape index (κ3) is 4.72. The zero-order chi connectivity index (χ0) is 15.7. The average molecular weight is 286 g/mol. The van der Waals surface area contributed by atoms with Crippen LogP contribution in [0.1, 0.15) is 29.8 Å². The first-order chi connectivity index (χ1) is 10.2. The van der Waals surface area contributed by atoms with E-state index in [1.54, 1.807) is 6.07 Å². The van der Waals surface area contributed by atoms with Crippen molar-refractivity contribution in [2.75, 3.05) is 0 Å². The molecule has 2 rings (SSSR count). The Hall–Kier alpha value is -2.69. The molecule has 0 aliphatic carbocycles. The zero-order valence-electron chi connectivity index (χ0n) is 12.1. The van der Waals surface area contributed by atoms with Gasteiger partial charge < -0.3 is 5.32 Å². The van der Waals surface area contributed by atoms with E-state index in [9.17, 15) is 14.9 Å². The van der Waals surface area contributed by atoms with Crippen LogP contribution in [0.5, 0.6) is 0 Å². The number of para-hydroxylation sites is 1. The molecule has 0 heterocycles. The fraction of sp³-hybridized carbons (Fsp3) is 0.188. The molecule has 0 aromatic heterocycles. The van der Waals surface area contributed by atoms with Gasteiger partial charge in [0.05, 0.1) is 4.92 Å². The summed E-state index contributed by atoms with van der Waals surface area (Å²) in [6.07, 6.45) is 0. The van der Waals surface area contributed by atoms with Gasteiger partial charge in [-0.3, -0.25) is 14.9 Å². The van der Waals surface area contributed by atoms with E-state index in [1.807, 2.05) is 44.2 Å². The lowest BCUT2D eigenvalue weighted by Crippen LogP contribution is -2.23.